The Morgan fingerprint density at radius 1 is 1.33 bits per heavy atom. The number of halogens is 2. The number of benzene rings is 2. The molecule has 0 atom stereocenters. The van der Waals surface area contributed by atoms with E-state index in [1.165, 1.54) is 13.3 Å². The summed E-state index contributed by atoms with van der Waals surface area (Å²) in [5.74, 6) is 0.976. The molecule has 8 heteroatoms. The van der Waals surface area contributed by atoms with Gasteiger partial charge in [-0.05, 0) is 24.3 Å². The molecule has 0 radical (unpaired) electrons. The SMILES string of the molecule is COc1cccc(/C=N\NC(N)=O)c1OCc1ccc(Cl)cc1Cl. The number of nitrogens with one attached hydrogen (secondary N) is 1. The summed E-state index contributed by atoms with van der Waals surface area (Å²) in [5.41, 5.74) is 8.47. The molecule has 6 nitrogen and oxygen atoms in total. The Kier molecular flexibility index (Phi) is 6.28. The lowest BCUT2D eigenvalue weighted by Gasteiger charge is -2.14. The summed E-state index contributed by atoms with van der Waals surface area (Å²) in [6.45, 7) is 0.209. The Morgan fingerprint density at radius 3 is 2.79 bits per heavy atom. The lowest BCUT2D eigenvalue weighted by Crippen LogP contribution is -2.24. The van der Waals surface area contributed by atoms with Crippen molar-refractivity contribution >= 4 is 35.4 Å². The van der Waals surface area contributed by atoms with Crippen LogP contribution in [0, 0.1) is 0 Å². The van der Waals surface area contributed by atoms with Crippen molar-refractivity contribution in [2.45, 2.75) is 6.61 Å². The molecule has 0 aliphatic heterocycles. The minimum Gasteiger partial charge on any atom is -0.493 e. The molecule has 0 saturated carbocycles. The Balaban J connectivity index is 2.23. The highest BCUT2D eigenvalue weighted by Gasteiger charge is 2.11. The summed E-state index contributed by atoms with van der Waals surface area (Å²) in [7, 11) is 1.53. The molecule has 0 aliphatic rings. The number of urea groups is 1. The number of methoxy groups -OCH3 is 1. The molecule has 126 valence electrons. The molecule has 2 amide bonds. The van der Waals surface area contributed by atoms with Crippen LogP contribution in [0.3, 0.4) is 0 Å². The lowest BCUT2D eigenvalue weighted by atomic mass is 10.2. The van der Waals surface area contributed by atoms with E-state index < -0.39 is 6.03 Å². The third kappa shape index (κ3) is 4.78. The third-order valence-corrected chi connectivity index (χ3v) is 3.58. The highest BCUT2D eigenvalue weighted by Crippen LogP contribution is 2.31. The van der Waals surface area contributed by atoms with Crippen molar-refractivity contribution in [1.82, 2.24) is 5.43 Å². The van der Waals surface area contributed by atoms with E-state index in [2.05, 4.69) is 10.5 Å². The fourth-order valence-corrected chi connectivity index (χ4v) is 2.37. The quantitative estimate of drug-likeness (QED) is 0.604. The van der Waals surface area contributed by atoms with E-state index in [1.807, 2.05) is 0 Å². The minimum absolute atomic E-state index is 0.209. The molecule has 0 aromatic heterocycles. The van der Waals surface area contributed by atoms with Crippen molar-refractivity contribution in [2.24, 2.45) is 10.8 Å². The molecule has 0 saturated heterocycles. The molecule has 0 bridgehead atoms. The van der Waals surface area contributed by atoms with Crippen molar-refractivity contribution in [3.63, 3.8) is 0 Å². The van der Waals surface area contributed by atoms with E-state index in [9.17, 15) is 4.79 Å². The van der Waals surface area contributed by atoms with Crippen LogP contribution in [0.2, 0.25) is 10.0 Å². The summed E-state index contributed by atoms with van der Waals surface area (Å²) in [4.78, 5) is 10.7. The summed E-state index contributed by atoms with van der Waals surface area (Å²) in [6, 6.07) is 9.67. The molecular weight excluding hydrogens is 353 g/mol. The molecular formula is C16H15Cl2N3O3. The largest absolute Gasteiger partial charge is 0.493 e. The molecule has 0 unspecified atom stereocenters. The van der Waals surface area contributed by atoms with Gasteiger partial charge in [-0.3, -0.25) is 0 Å². The zero-order valence-electron chi connectivity index (χ0n) is 12.8. The highest BCUT2D eigenvalue weighted by atomic mass is 35.5. The van der Waals surface area contributed by atoms with Gasteiger partial charge in [0.05, 0.1) is 13.3 Å². The second kappa shape index (κ2) is 8.42. The number of nitrogens with zero attached hydrogens (tertiary/aromatic N) is 1. The standard InChI is InChI=1S/C16H15Cl2N3O3/c1-23-14-4-2-3-10(8-20-21-16(19)22)15(14)24-9-11-5-6-12(17)7-13(11)18/h2-8H,9H2,1H3,(H3,19,21,22)/b20-8-. The normalized spacial score (nSPS) is 10.6. The van der Waals surface area contributed by atoms with Gasteiger partial charge in [0.25, 0.3) is 0 Å². The number of ether oxygens (including phenoxy) is 2. The lowest BCUT2D eigenvalue weighted by molar-refractivity contribution is 0.249. The highest BCUT2D eigenvalue weighted by molar-refractivity contribution is 6.35. The third-order valence-electron chi connectivity index (χ3n) is 2.99. The van der Waals surface area contributed by atoms with Crippen molar-refractivity contribution in [3.05, 3.63) is 57.6 Å². The number of primary amides is 1. The molecule has 3 N–H and O–H groups in total. The number of carbonyl (C=O) groups is 1. The van der Waals surface area contributed by atoms with E-state index in [0.717, 1.165) is 5.56 Å². The van der Waals surface area contributed by atoms with Gasteiger partial charge in [-0.1, -0.05) is 35.3 Å². The van der Waals surface area contributed by atoms with Gasteiger partial charge in [0.2, 0.25) is 0 Å². The van der Waals surface area contributed by atoms with Gasteiger partial charge in [0.15, 0.2) is 11.5 Å². The van der Waals surface area contributed by atoms with Gasteiger partial charge < -0.3 is 15.2 Å². The monoisotopic (exact) mass is 367 g/mol. The van der Waals surface area contributed by atoms with Crippen LogP contribution >= 0.6 is 23.2 Å². The smallest absolute Gasteiger partial charge is 0.332 e. The van der Waals surface area contributed by atoms with Gasteiger partial charge in [0.1, 0.15) is 6.61 Å². The number of para-hydroxylation sites is 1. The van der Waals surface area contributed by atoms with Crippen LogP contribution < -0.4 is 20.6 Å². The second-order valence-corrected chi connectivity index (χ2v) is 5.48. The molecule has 2 aromatic carbocycles. The van der Waals surface area contributed by atoms with Gasteiger partial charge >= 0.3 is 6.03 Å². The average Bonchev–Trinajstić information content (AvgIpc) is 2.54. The molecule has 24 heavy (non-hydrogen) atoms. The van der Waals surface area contributed by atoms with Crippen LogP contribution in [-0.4, -0.2) is 19.4 Å². The summed E-state index contributed by atoms with van der Waals surface area (Å²) >= 11 is 12.0. The average molecular weight is 368 g/mol. The Labute approximate surface area is 149 Å². The van der Waals surface area contributed by atoms with Gasteiger partial charge in [-0.25, -0.2) is 10.2 Å². The molecule has 2 aromatic rings. The summed E-state index contributed by atoms with van der Waals surface area (Å²) in [5, 5.41) is 4.78. The summed E-state index contributed by atoms with van der Waals surface area (Å²) in [6.07, 6.45) is 1.41. The Hall–Kier alpha value is -2.44. The first-order valence-corrected chi connectivity index (χ1v) is 7.59. The van der Waals surface area contributed by atoms with E-state index in [0.29, 0.717) is 27.1 Å². The van der Waals surface area contributed by atoms with Gasteiger partial charge in [-0.15, -0.1) is 0 Å². The molecule has 0 spiro atoms. The fourth-order valence-electron chi connectivity index (χ4n) is 1.90. The first kappa shape index (κ1) is 17.9. The predicted molar refractivity (Wildman–Crippen MR) is 94.1 cm³/mol. The van der Waals surface area contributed by atoms with Crippen LogP contribution in [0.4, 0.5) is 4.79 Å². The fraction of sp³-hybridized carbons (Fsp3) is 0.125. The Morgan fingerprint density at radius 2 is 2.12 bits per heavy atom. The van der Waals surface area contributed by atoms with Crippen LogP contribution in [0.5, 0.6) is 11.5 Å². The number of nitrogens with two attached hydrogens (primary N) is 1. The van der Waals surface area contributed by atoms with Gasteiger partial charge in [-0.2, -0.15) is 5.10 Å². The van der Waals surface area contributed by atoms with Crippen molar-refractivity contribution in [3.8, 4) is 11.5 Å². The van der Waals surface area contributed by atoms with Gasteiger partial charge in [0, 0.05) is 21.2 Å². The number of hydrogen-bond donors (Lipinski definition) is 2. The first-order chi connectivity index (χ1) is 11.5. The predicted octanol–water partition coefficient (Wildman–Crippen LogP) is 3.58. The number of hydrazone groups is 1. The molecule has 0 aliphatic carbocycles. The van der Waals surface area contributed by atoms with Crippen LogP contribution in [0.1, 0.15) is 11.1 Å². The molecule has 0 heterocycles. The number of hydrogen-bond acceptors (Lipinski definition) is 4. The zero-order chi connectivity index (χ0) is 17.5. The Bertz CT molecular complexity index is 766. The molecule has 0 fully saturated rings. The zero-order valence-corrected chi connectivity index (χ0v) is 14.3. The first-order valence-electron chi connectivity index (χ1n) is 6.83. The van der Waals surface area contributed by atoms with Crippen LogP contribution in [0.25, 0.3) is 0 Å². The van der Waals surface area contributed by atoms with E-state index in [4.69, 9.17) is 38.4 Å². The van der Waals surface area contributed by atoms with Crippen molar-refractivity contribution in [1.29, 1.82) is 0 Å². The van der Waals surface area contributed by atoms with Crippen molar-refractivity contribution < 1.29 is 14.3 Å². The number of amides is 2. The van der Waals surface area contributed by atoms with E-state index in [-0.39, 0.29) is 6.61 Å². The maximum atomic E-state index is 10.7. The van der Waals surface area contributed by atoms with Crippen LogP contribution in [-0.2, 0) is 6.61 Å². The number of carbonyl (C=O) groups excluding carboxylic acids is 1. The van der Waals surface area contributed by atoms with Crippen LogP contribution in [0.15, 0.2) is 41.5 Å². The molecule has 2 rings (SSSR count). The van der Waals surface area contributed by atoms with Crippen molar-refractivity contribution in [2.75, 3.05) is 7.11 Å². The topological polar surface area (TPSA) is 85.9 Å². The maximum absolute atomic E-state index is 10.7. The van der Waals surface area contributed by atoms with E-state index in [1.54, 1.807) is 36.4 Å². The second-order valence-electron chi connectivity index (χ2n) is 4.64. The maximum Gasteiger partial charge on any atom is 0.332 e. The summed E-state index contributed by atoms with van der Waals surface area (Å²) < 4.78 is 11.1. The van der Waals surface area contributed by atoms with E-state index >= 15 is 0 Å². The number of rotatable bonds is 6. The minimum atomic E-state index is -0.760.